The molecule has 0 aliphatic heterocycles. The van der Waals surface area contributed by atoms with Crippen LogP contribution in [0.5, 0.6) is 11.7 Å². The molecule has 0 N–H and O–H groups in total. The van der Waals surface area contributed by atoms with E-state index >= 15 is 0 Å². The number of furan rings is 1. The third-order valence-corrected chi connectivity index (χ3v) is 1.83. The summed E-state index contributed by atoms with van der Waals surface area (Å²) >= 11 is 0. The van der Waals surface area contributed by atoms with Crippen molar-refractivity contribution in [2.75, 3.05) is 0 Å². The summed E-state index contributed by atoms with van der Waals surface area (Å²) in [4.78, 5) is 0. The molecule has 0 spiro atoms. The second-order valence-electron chi connectivity index (χ2n) is 2.85. The van der Waals surface area contributed by atoms with E-state index in [0.717, 1.165) is 5.56 Å². The lowest BCUT2D eigenvalue weighted by molar-refractivity contribution is 0.216. The first-order chi connectivity index (χ1) is 6.86. The van der Waals surface area contributed by atoms with E-state index in [1.165, 1.54) is 12.3 Å². The molecule has 0 amide bonds. The van der Waals surface area contributed by atoms with Crippen LogP contribution < -0.4 is 4.74 Å². The van der Waals surface area contributed by atoms with Gasteiger partial charge in [-0.15, -0.1) is 0 Å². The normalized spacial score (nSPS) is 10.0. The predicted molar refractivity (Wildman–Crippen MR) is 49.6 cm³/mol. The van der Waals surface area contributed by atoms with Gasteiger partial charge in [-0.3, -0.25) is 0 Å². The molecule has 0 aliphatic rings. The monoisotopic (exact) mass is 189 g/mol. The summed E-state index contributed by atoms with van der Waals surface area (Å²) in [6.45, 7) is 0.385. The summed E-state index contributed by atoms with van der Waals surface area (Å²) in [7, 11) is 0. The van der Waals surface area contributed by atoms with Crippen molar-refractivity contribution in [1.82, 2.24) is 0 Å². The zero-order valence-corrected chi connectivity index (χ0v) is 7.47. The lowest BCUT2D eigenvalue weighted by Gasteiger charge is -2.02. The first-order valence-electron chi connectivity index (χ1n) is 4.27. The van der Waals surface area contributed by atoms with Crippen molar-refractivity contribution < 1.29 is 14.3 Å². The zero-order valence-electron chi connectivity index (χ0n) is 7.47. The average molecular weight is 189 g/mol. The molecule has 1 aromatic heterocycles. The van der Waals surface area contributed by atoms with Crippen LogP contribution in [0.4, 0.5) is 0 Å². The molecule has 1 radical (unpaired) electrons. The molecule has 0 fully saturated rings. The summed E-state index contributed by atoms with van der Waals surface area (Å²) < 4.78 is 9.83. The SMILES string of the molecule is [O]c1occc1OCc1ccccc1. The van der Waals surface area contributed by atoms with Crippen LogP contribution in [0.15, 0.2) is 47.1 Å². The van der Waals surface area contributed by atoms with Crippen molar-refractivity contribution in [3.05, 3.63) is 48.2 Å². The van der Waals surface area contributed by atoms with Gasteiger partial charge in [0.1, 0.15) is 6.61 Å². The highest BCUT2D eigenvalue weighted by Crippen LogP contribution is 2.27. The third kappa shape index (κ3) is 1.88. The fourth-order valence-electron chi connectivity index (χ4n) is 1.13. The quantitative estimate of drug-likeness (QED) is 0.744. The van der Waals surface area contributed by atoms with E-state index in [0.29, 0.717) is 6.61 Å². The maximum absolute atomic E-state index is 10.9. The maximum Gasteiger partial charge on any atom is 0.378 e. The molecule has 0 unspecified atom stereocenters. The Hall–Kier alpha value is -1.90. The molecule has 0 saturated carbocycles. The van der Waals surface area contributed by atoms with E-state index in [1.807, 2.05) is 30.3 Å². The average Bonchev–Trinajstić information content (AvgIpc) is 2.63. The minimum Gasteiger partial charge on any atom is -0.482 e. The van der Waals surface area contributed by atoms with Gasteiger partial charge in [-0.25, -0.2) is 5.11 Å². The number of rotatable bonds is 3. The van der Waals surface area contributed by atoms with Crippen molar-refractivity contribution in [1.29, 1.82) is 0 Å². The smallest absolute Gasteiger partial charge is 0.378 e. The van der Waals surface area contributed by atoms with Crippen molar-refractivity contribution in [3.63, 3.8) is 0 Å². The van der Waals surface area contributed by atoms with Crippen LogP contribution in [-0.4, -0.2) is 0 Å². The van der Waals surface area contributed by atoms with Gasteiger partial charge in [0.2, 0.25) is 5.75 Å². The van der Waals surface area contributed by atoms with Crippen molar-refractivity contribution in [3.8, 4) is 11.7 Å². The number of ether oxygens (including phenoxy) is 1. The fraction of sp³-hybridized carbons (Fsp3) is 0.0909. The minimum atomic E-state index is -0.430. The Labute approximate surface area is 81.6 Å². The van der Waals surface area contributed by atoms with Crippen molar-refractivity contribution in [2.24, 2.45) is 0 Å². The Kier molecular flexibility index (Phi) is 2.40. The summed E-state index contributed by atoms with van der Waals surface area (Å²) in [5.74, 6) is -0.171. The Balaban J connectivity index is 1.99. The Morgan fingerprint density at radius 3 is 2.57 bits per heavy atom. The molecule has 71 valence electrons. The van der Waals surface area contributed by atoms with Crippen molar-refractivity contribution >= 4 is 0 Å². The molecule has 14 heavy (non-hydrogen) atoms. The van der Waals surface area contributed by atoms with Gasteiger partial charge in [-0.2, -0.15) is 0 Å². The highest BCUT2D eigenvalue weighted by atomic mass is 16.5. The molecule has 0 bridgehead atoms. The topological polar surface area (TPSA) is 42.3 Å². The van der Waals surface area contributed by atoms with Gasteiger partial charge in [-0.1, -0.05) is 30.3 Å². The summed E-state index contributed by atoms with van der Waals surface area (Å²) in [5, 5.41) is 10.9. The summed E-state index contributed by atoms with van der Waals surface area (Å²) in [6.07, 6.45) is 1.32. The number of hydrogen-bond donors (Lipinski definition) is 0. The van der Waals surface area contributed by atoms with Gasteiger partial charge in [0.25, 0.3) is 0 Å². The van der Waals surface area contributed by atoms with Crippen LogP contribution in [0, 0.1) is 0 Å². The van der Waals surface area contributed by atoms with E-state index in [-0.39, 0.29) is 5.75 Å². The summed E-state index contributed by atoms with van der Waals surface area (Å²) in [5.41, 5.74) is 1.02. The van der Waals surface area contributed by atoms with Crippen LogP contribution in [0.25, 0.3) is 0 Å². The highest BCUT2D eigenvalue weighted by Gasteiger charge is 2.06. The molecule has 3 heteroatoms. The third-order valence-electron chi connectivity index (χ3n) is 1.83. The first kappa shape index (κ1) is 8.69. The van der Waals surface area contributed by atoms with Crippen LogP contribution in [0.1, 0.15) is 5.56 Å². The van der Waals surface area contributed by atoms with Crippen LogP contribution in [0.3, 0.4) is 0 Å². The molecular formula is C11H9O3. The molecule has 3 nitrogen and oxygen atoms in total. The van der Waals surface area contributed by atoms with Gasteiger partial charge < -0.3 is 9.15 Å². The predicted octanol–water partition coefficient (Wildman–Crippen LogP) is 3.00. The van der Waals surface area contributed by atoms with E-state index in [1.54, 1.807) is 0 Å². The largest absolute Gasteiger partial charge is 0.482 e. The first-order valence-corrected chi connectivity index (χ1v) is 4.27. The lowest BCUT2D eigenvalue weighted by Crippen LogP contribution is -1.93. The minimum absolute atomic E-state index is 0.258. The van der Waals surface area contributed by atoms with Gasteiger partial charge in [0, 0.05) is 6.07 Å². The van der Waals surface area contributed by atoms with Gasteiger partial charge in [0.15, 0.2) is 0 Å². The van der Waals surface area contributed by atoms with E-state index in [9.17, 15) is 5.11 Å². The van der Waals surface area contributed by atoms with Gasteiger partial charge in [0.05, 0.1) is 6.26 Å². The molecule has 0 atom stereocenters. The van der Waals surface area contributed by atoms with Crippen LogP contribution in [-0.2, 0) is 11.7 Å². The van der Waals surface area contributed by atoms with E-state index in [2.05, 4.69) is 4.42 Å². The molecule has 0 aliphatic carbocycles. The second-order valence-corrected chi connectivity index (χ2v) is 2.85. The van der Waals surface area contributed by atoms with E-state index < -0.39 is 5.95 Å². The second kappa shape index (κ2) is 3.87. The molecular weight excluding hydrogens is 180 g/mol. The van der Waals surface area contributed by atoms with Gasteiger partial charge >= 0.3 is 5.95 Å². The van der Waals surface area contributed by atoms with Gasteiger partial charge in [-0.05, 0) is 5.56 Å². The Bertz CT molecular complexity index is 392. The molecule has 2 rings (SSSR count). The Morgan fingerprint density at radius 2 is 1.93 bits per heavy atom. The highest BCUT2D eigenvalue weighted by molar-refractivity contribution is 5.28. The molecule has 2 aromatic rings. The van der Waals surface area contributed by atoms with E-state index in [4.69, 9.17) is 4.74 Å². The van der Waals surface area contributed by atoms with Crippen LogP contribution >= 0.6 is 0 Å². The lowest BCUT2D eigenvalue weighted by atomic mass is 10.2. The fourth-order valence-corrected chi connectivity index (χ4v) is 1.13. The molecule has 0 saturated heterocycles. The summed E-state index contributed by atoms with van der Waals surface area (Å²) in [6, 6.07) is 11.2. The number of hydrogen-bond acceptors (Lipinski definition) is 2. The molecule has 1 heterocycles. The molecule has 1 aromatic carbocycles. The standard InChI is InChI=1S/C11H9O3/c12-11-10(6-7-13-11)14-8-9-4-2-1-3-5-9/h1-7H,8H2. The maximum atomic E-state index is 10.9. The van der Waals surface area contributed by atoms with Crippen LogP contribution in [0.2, 0.25) is 0 Å². The number of benzene rings is 1. The zero-order chi connectivity index (χ0) is 9.80. The Morgan fingerprint density at radius 1 is 1.14 bits per heavy atom. The van der Waals surface area contributed by atoms with Crippen molar-refractivity contribution in [2.45, 2.75) is 6.61 Å².